The molecule has 2 atom stereocenters. The third-order valence-corrected chi connectivity index (χ3v) is 18.7. The highest BCUT2D eigenvalue weighted by Gasteiger charge is 2.20. The van der Waals surface area contributed by atoms with Crippen molar-refractivity contribution in [3.63, 3.8) is 0 Å². The van der Waals surface area contributed by atoms with Crippen molar-refractivity contribution in [1.82, 2.24) is 5.32 Å². The Balaban J connectivity index is 3.31. The molecule has 6 heteroatoms. The number of amides is 1. The zero-order chi connectivity index (χ0) is 59.9. The van der Waals surface area contributed by atoms with Gasteiger partial charge in [0.25, 0.3) is 0 Å². The van der Waals surface area contributed by atoms with Crippen LogP contribution in [0.15, 0.2) is 0 Å². The minimum atomic E-state index is -0.661. The molecule has 0 radical (unpaired) electrons. The van der Waals surface area contributed by atoms with Gasteiger partial charge in [0.05, 0.1) is 25.4 Å². The molecule has 0 aromatic rings. The van der Waals surface area contributed by atoms with Gasteiger partial charge in [-0.3, -0.25) is 9.59 Å². The summed E-state index contributed by atoms with van der Waals surface area (Å²) in [5.41, 5.74) is 0. The van der Waals surface area contributed by atoms with Gasteiger partial charge < -0.3 is 20.3 Å². The van der Waals surface area contributed by atoms with Gasteiger partial charge in [-0.15, -0.1) is 0 Å². The summed E-state index contributed by atoms with van der Waals surface area (Å²) in [6.07, 6.45) is 90.4. The second-order valence-corrected chi connectivity index (χ2v) is 27.1. The number of rotatable bonds is 74. The molecule has 0 fully saturated rings. The lowest BCUT2D eigenvalue weighted by molar-refractivity contribution is -0.143. The van der Waals surface area contributed by atoms with Crippen molar-refractivity contribution < 1.29 is 24.5 Å². The Hall–Kier alpha value is -1.14. The molecule has 1 amide bonds. The van der Waals surface area contributed by atoms with Gasteiger partial charge in [0.2, 0.25) is 5.91 Å². The van der Waals surface area contributed by atoms with Gasteiger partial charge in [0, 0.05) is 12.8 Å². The molecule has 0 aromatic carbocycles. The molecule has 0 saturated carbocycles. The highest BCUT2D eigenvalue weighted by Crippen LogP contribution is 2.20. The molecule has 3 N–H and O–H groups in total. The average Bonchev–Trinajstić information content (AvgIpc) is 3.49. The summed E-state index contributed by atoms with van der Waals surface area (Å²) in [7, 11) is 0. The highest BCUT2D eigenvalue weighted by molar-refractivity contribution is 5.76. The maximum absolute atomic E-state index is 12.5. The fourth-order valence-electron chi connectivity index (χ4n) is 12.8. The van der Waals surface area contributed by atoms with E-state index in [1.165, 1.54) is 385 Å². The van der Waals surface area contributed by atoms with E-state index in [0.717, 1.165) is 38.5 Å². The zero-order valence-electron chi connectivity index (χ0n) is 57.0. The summed E-state index contributed by atoms with van der Waals surface area (Å²) >= 11 is 0. The summed E-state index contributed by atoms with van der Waals surface area (Å²) in [5, 5.41) is 23.4. The van der Waals surface area contributed by atoms with Crippen molar-refractivity contribution in [3.05, 3.63) is 0 Å². The topological polar surface area (TPSA) is 95.9 Å². The first-order valence-electron chi connectivity index (χ1n) is 38.8. The minimum absolute atomic E-state index is 0.0259. The highest BCUT2D eigenvalue weighted by atomic mass is 16.5. The van der Waals surface area contributed by atoms with Crippen molar-refractivity contribution in [2.24, 2.45) is 0 Å². The van der Waals surface area contributed by atoms with Crippen LogP contribution < -0.4 is 5.32 Å². The summed E-state index contributed by atoms with van der Waals surface area (Å²) in [4.78, 5) is 24.7. The summed E-state index contributed by atoms with van der Waals surface area (Å²) in [5.74, 6) is -0.000300. The molecular formula is C77H153NO5. The Morgan fingerprint density at radius 2 is 0.494 bits per heavy atom. The SMILES string of the molecule is CCCCCCCCCCCCCCCCCCCCCC(=O)OCCCCCCCCCCCCCCCCCCCCCCCCCCCCCCCC(=O)NC(CO)C(O)CCCCCCCCCCCCCCCCCCCC. The van der Waals surface area contributed by atoms with Crippen LogP contribution in [0.2, 0.25) is 0 Å². The lowest BCUT2D eigenvalue weighted by atomic mass is 10.0. The van der Waals surface area contributed by atoms with Crippen LogP contribution >= 0.6 is 0 Å². The Kier molecular flexibility index (Phi) is 72.3. The number of nitrogens with one attached hydrogen (secondary N) is 1. The number of hydrogen-bond donors (Lipinski definition) is 3. The van der Waals surface area contributed by atoms with E-state index in [0.29, 0.717) is 25.9 Å². The minimum Gasteiger partial charge on any atom is -0.466 e. The first-order chi connectivity index (χ1) is 41.0. The summed E-state index contributed by atoms with van der Waals surface area (Å²) in [6.45, 7) is 5.02. The third kappa shape index (κ3) is 69.8. The number of ether oxygens (including phenoxy) is 1. The zero-order valence-corrected chi connectivity index (χ0v) is 57.0. The number of carbonyl (C=O) groups is 2. The molecule has 2 unspecified atom stereocenters. The number of carbonyl (C=O) groups excluding carboxylic acids is 2. The Labute approximate surface area is 521 Å². The monoisotopic (exact) mass is 1170 g/mol. The van der Waals surface area contributed by atoms with E-state index in [9.17, 15) is 19.8 Å². The Bertz CT molecular complexity index is 1210. The van der Waals surface area contributed by atoms with Crippen LogP contribution in [0.25, 0.3) is 0 Å². The van der Waals surface area contributed by atoms with Crippen molar-refractivity contribution in [2.45, 2.75) is 469 Å². The normalized spacial score (nSPS) is 12.4. The van der Waals surface area contributed by atoms with E-state index in [4.69, 9.17) is 4.74 Å². The van der Waals surface area contributed by atoms with Crippen molar-refractivity contribution in [2.75, 3.05) is 13.2 Å². The van der Waals surface area contributed by atoms with Gasteiger partial charge in [-0.2, -0.15) is 0 Å². The number of hydrogen-bond acceptors (Lipinski definition) is 5. The molecular weight excluding hydrogens is 1020 g/mol. The fourth-order valence-corrected chi connectivity index (χ4v) is 12.8. The quantitative estimate of drug-likeness (QED) is 0.0417. The number of aliphatic hydroxyl groups is 2. The average molecular weight is 1170 g/mol. The lowest BCUT2D eigenvalue weighted by Gasteiger charge is -2.22. The van der Waals surface area contributed by atoms with Crippen LogP contribution in [0, 0.1) is 0 Å². The second kappa shape index (κ2) is 73.3. The number of esters is 1. The Morgan fingerprint density at radius 3 is 0.735 bits per heavy atom. The van der Waals surface area contributed by atoms with Gasteiger partial charge in [0.15, 0.2) is 0 Å². The van der Waals surface area contributed by atoms with Gasteiger partial charge in [-0.1, -0.05) is 418 Å². The number of aliphatic hydroxyl groups excluding tert-OH is 2. The molecule has 0 heterocycles. The van der Waals surface area contributed by atoms with Gasteiger partial charge in [0.1, 0.15) is 0 Å². The van der Waals surface area contributed by atoms with Crippen LogP contribution in [0.4, 0.5) is 0 Å². The molecule has 0 spiro atoms. The maximum atomic E-state index is 12.5. The van der Waals surface area contributed by atoms with E-state index >= 15 is 0 Å². The van der Waals surface area contributed by atoms with Gasteiger partial charge in [-0.05, 0) is 25.7 Å². The van der Waals surface area contributed by atoms with Crippen LogP contribution in [0.5, 0.6) is 0 Å². The summed E-state index contributed by atoms with van der Waals surface area (Å²) < 4.78 is 5.52. The second-order valence-electron chi connectivity index (χ2n) is 27.1. The standard InChI is InChI=1S/C77H153NO5/c1-3-5-7-9-11-13-15-17-19-21-34-39-43-47-51-55-59-63-67-71-77(82)83-72-68-64-60-56-52-48-44-40-36-33-31-29-27-25-23-24-26-28-30-32-35-38-42-46-50-54-58-62-66-70-76(81)78-74(73-79)75(80)69-65-61-57-53-49-45-41-37-22-20-18-16-14-12-10-8-6-4-2/h74-75,79-80H,3-73H2,1-2H3,(H,78,81). The predicted octanol–water partition coefficient (Wildman–Crippen LogP) is 25.3. The molecule has 0 aliphatic carbocycles. The smallest absolute Gasteiger partial charge is 0.305 e. The van der Waals surface area contributed by atoms with E-state index < -0.39 is 12.1 Å². The van der Waals surface area contributed by atoms with Crippen molar-refractivity contribution in [1.29, 1.82) is 0 Å². The first-order valence-corrected chi connectivity index (χ1v) is 38.8. The van der Waals surface area contributed by atoms with Gasteiger partial charge in [-0.25, -0.2) is 0 Å². The largest absolute Gasteiger partial charge is 0.466 e. The van der Waals surface area contributed by atoms with E-state index in [1.807, 2.05) is 0 Å². The summed E-state index contributed by atoms with van der Waals surface area (Å²) in [6, 6.07) is -0.538. The molecule has 0 rings (SSSR count). The molecule has 496 valence electrons. The van der Waals surface area contributed by atoms with Crippen LogP contribution in [-0.2, 0) is 14.3 Å². The van der Waals surface area contributed by atoms with Gasteiger partial charge >= 0.3 is 5.97 Å². The fraction of sp³-hybridized carbons (Fsp3) is 0.974. The van der Waals surface area contributed by atoms with Crippen molar-refractivity contribution >= 4 is 11.9 Å². The van der Waals surface area contributed by atoms with Crippen LogP contribution in [0.3, 0.4) is 0 Å². The lowest BCUT2D eigenvalue weighted by Crippen LogP contribution is -2.45. The van der Waals surface area contributed by atoms with Crippen LogP contribution in [0.1, 0.15) is 457 Å². The molecule has 0 aliphatic rings. The molecule has 0 saturated heterocycles. The van der Waals surface area contributed by atoms with E-state index in [2.05, 4.69) is 19.2 Å². The van der Waals surface area contributed by atoms with Crippen molar-refractivity contribution in [3.8, 4) is 0 Å². The Morgan fingerprint density at radius 1 is 0.289 bits per heavy atom. The van der Waals surface area contributed by atoms with Crippen LogP contribution in [-0.4, -0.2) is 47.4 Å². The third-order valence-electron chi connectivity index (χ3n) is 18.7. The van der Waals surface area contributed by atoms with E-state index in [-0.39, 0.29) is 18.5 Å². The molecule has 6 nitrogen and oxygen atoms in total. The number of unbranched alkanes of at least 4 members (excludes halogenated alkanes) is 63. The molecule has 83 heavy (non-hydrogen) atoms. The van der Waals surface area contributed by atoms with E-state index in [1.54, 1.807) is 0 Å². The molecule has 0 bridgehead atoms. The molecule has 0 aromatic heterocycles. The maximum Gasteiger partial charge on any atom is 0.305 e. The first kappa shape index (κ1) is 81.9. The molecule has 0 aliphatic heterocycles. The predicted molar refractivity (Wildman–Crippen MR) is 366 cm³/mol.